The van der Waals surface area contributed by atoms with Gasteiger partial charge < -0.3 is 5.32 Å². The molecule has 3 aromatic carbocycles. The molecule has 0 aliphatic carbocycles. The maximum absolute atomic E-state index is 14.2. The molecule has 1 amide bonds. The van der Waals surface area contributed by atoms with Gasteiger partial charge in [-0.05, 0) is 55.0 Å². The first kappa shape index (κ1) is 26.6. The summed E-state index contributed by atoms with van der Waals surface area (Å²) in [6.07, 6.45) is -5.09. The smallest absolute Gasteiger partial charge is 0.342 e. The van der Waals surface area contributed by atoms with E-state index in [-0.39, 0.29) is 15.5 Å². The van der Waals surface area contributed by atoms with Crippen LogP contribution in [-0.4, -0.2) is 28.9 Å². The second-order valence-corrected chi connectivity index (χ2v) is 11.5. The van der Waals surface area contributed by atoms with Crippen molar-refractivity contribution in [3.05, 3.63) is 83.1 Å². The van der Waals surface area contributed by atoms with Crippen molar-refractivity contribution in [1.82, 2.24) is 5.32 Å². The highest BCUT2D eigenvalue weighted by atomic mass is 35.5. The minimum atomic E-state index is -5.09. The van der Waals surface area contributed by atoms with Crippen molar-refractivity contribution in [2.24, 2.45) is 0 Å². The highest BCUT2D eigenvalue weighted by Crippen LogP contribution is 2.34. The SMILES string of the molecule is C[C@H](NC(=O)C(F)(F)F)c1ccc(S(=O)(=O)c2ccc(Cl)cc2S(=O)(=O)c2ccccc2F)cc1. The van der Waals surface area contributed by atoms with Crippen molar-refractivity contribution in [1.29, 1.82) is 0 Å². The topological polar surface area (TPSA) is 97.4 Å². The van der Waals surface area contributed by atoms with Crippen LogP contribution in [0, 0.1) is 5.82 Å². The fourth-order valence-electron chi connectivity index (χ4n) is 3.12. The summed E-state index contributed by atoms with van der Waals surface area (Å²) in [5.41, 5.74) is 0.164. The number of amides is 1. The molecule has 186 valence electrons. The number of benzene rings is 3. The molecular formula is C22H16ClF4NO5S2. The van der Waals surface area contributed by atoms with Gasteiger partial charge in [0.2, 0.25) is 19.7 Å². The summed E-state index contributed by atoms with van der Waals surface area (Å²) in [7, 11) is -9.16. The number of hydrogen-bond acceptors (Lipinski definition) is 5. The van der Waals surface area contributed by atoms with Gasteiger partial charge >= 0.3 is 12.1 Å². The molecule has 0 aliphatic heterocycles. The molecule has 0 bridgehead atoms. The summed E-state index contributed by atoms with van der Waals surface area (Å²) < 4.78 is 105. The normalized spacial score (nSPS) is 13.3. The molecule has 3 aromatic rings. The minimum Gasteiger partial charge on any atom is -0.342 e. The molecule has 3 rings (SSSR count). The highest BCUT2D eigenvalue weighted by Gasteiger charge is 2.39. The third kappa shape index (κ3) is 5.49. The Morgan fingerprint density at radius 3 is 2.03 bits per heavy atom. The Morgan fingerprint density at radius 1 is 0.857 bits per heavy atom. The third-order valence-corrected chi connectivity index (χ3v) is 8.93. The molecule has 1 atom stereocenters. The number of nitrogens with one attached hydrogen (secondary N) is 1. The Hall–Kier alpha value is -2.96. The monoisotopic (exact) mass is 549 g/mol. The van der Waals surface area contributed by atoms with Crippen LogP contribution in [0.1, 0.15) is 18.5 Å². The van der Waals surface area contributed by atoms with E-state index in [1.54, 1.807) is 5.32 Å². The van der Waals surface area contributed by atoms with E-state index in [0.29, 0.717) is 0 Å². The van der Waals surface area contributed by atoms with E-state index in [2.05, 4.69) is 0 Å². The molecule has 0 heterocycles. The van der Waals surface area contributed by atoms with Crippen molar-refractivity contribution in [2.45, 2.75) is 38.7 Å². The molecule has 0 aliphatic rings. The molecule has 13 heteroatoms. The maximum Gasteiger partial charge on any atom is 0.471 e. The molecule has 0 unspecified atom stereocenters. The van der Waals surface area contributed by atoms with E-state index in [1.807, 2.05) is 0 Å². The van der Waals surface area contributed by atoms with Gasteiger partial charge in [0.25, 0.3) is 0 Å². The molecule has 6 nitrogen and oxygen atoms in total. The first-order chi connectivity index (χ1) is 16.2. The fraction of sp³-hybridized carbons (Fsp3) is 0.136. The summed E-state index contributed by atoms with van der Waals surface area (Å²) >= 11 is 5.91. The van der Waals surface area contributed by atoms with E-state index < -0.39 is 58.3 Å². The second kappa shape index (κ2) is 9.59. The standard InChI is InChI=1S/C22H16ClF4NO5S2/c1-13(28-21(29)22(25,26)27)14-6-9-16(10-7-14)34(30,31)19-11-8-15(23)12-20(19)35(32,33)18-5-3-2-4-17(18)24/h2-13H,1H3,(H,28,29)/t13-/m0/s1. The number of halogens is 5. The Labute approximate surface area is 203 Å². The summed E-state index contributed by atoms with van der Waals surface area (Å²) in [4.78, 5) is 8.58. The minimum absolute atomic E-state index is 0.108. The van der Waals surface area contributed by atoms with Crippen LogP contribution >= 0.6 is 11.6 Å². The van der Waals surface area contributed by atoms with Crippen molar-refractivity contribution in [2.75, 3.05) is 0 Å². The molecule has 0 fully saturated rings. The molecule has 35 heavy (non-hydrogen) atoms. The Kier molecular flexibility index (Phi) is 7.30. The predicted octanol–water partition coefficient (Wildman–Crippen LogP) is 4.88. The Balaban J connectivity index is 2.04. The molecule has 1 N–H and O–H groups in total. The van der Waals surface area contributed by atoms with Gasteiger partial charge in [-0.1, -0.05) is 35.9 Å². The Morgan fingerprint density at radius 2 is 1.46 bits per heavy atom. The fourth-order valence-corrected chi connectivity index (χ4v) is 6.77. The zero-order valence-electron chi connectivity index (χ0n) is 17.7. The van der Waals surface area contributed by atoms with E-state index >= 15 is 0 Å². The number of hydrogen-bond donors (Lipinski definition) is 1. The predicted molar refractivity (Wildman–Crippen MR) is 118 cm³/mol. The van der Waals surface area contributed by atoms with Crippen LogP contribution in [0.15, 0.2) is 86.3 Å². The molecule has 0 saturated heterocycles. The first-order valence-corrected chi connectivity index (χ1v) is 13.0. The lowest BCUT2D eigenvalue weighted by Gasteiger charge is -2.16. The Bertz CT molecular complexity index is 1490. The van der Waals surface area contributed by atoms with E-state index in [4.69, 9.17) is 11.6 Å². The van der Waals surface area contributed by atoms with Gasteiger partial charge in [-0.2, -0.15) is 13.2 Å². The average molecular weight is 550 g/mol. The van der Waals surface area contributed by atoms with Gasteiger partial charge in [0.1, 0.15) is 10.7 Å². The van der Waals surface area contributed by atoms with Gasteiger partial charge in [-0.3, -0.25) is 4.79 Å². The highest BCUT2D eigenvalue weighted by molar-refractivity contribution is 7.94. The average Bonchev–Trinajstić information content (AvgIpc) is 2.78. The van der Waals surface area contributed by atoms with Crippen LogP contribution in [0.3, 0.4) is 0 Å². The lowest BCUT2D eigenvalue weighted by atomic mass is 10.1. The van der Waals surface area contributed by atoms with Gasteiger partial charge in [-0.15, -0.1) is 0 Å². The zero-order valence-corrected chi connectivity index (χ0v) is 20.1. The lowest BCUT2D eigenvalue weighted by molar-refractivity contribution is -0.174. The quantitative estimate of drug-likeness (QED) is 0.442. The van der Waals surface area contributed by atoms with Gasteiger partial charge in [-0.25, -0.2) is 21.2 Å². The van der Waals surface area contributed by atoms with Gasteiger partial charge in [0.05, 0.1) is 20.7 Å². The first-order valence-electron chi connectivity index (χ1n) is 9.67. The van der Waals surface area contributed by atoms with Crippen molar-refractivity contribution >= 4 is 37.2 Å². The zero-order chi connectivity index (χ0) is 26.2. The number of sulfone groups is 2. The molecule has 0 spiro atoms. The maximum atomic E-state index is 14.2. The van der Waals surface area contributed by atoms with E-state index in [1.165, 1.54) is 31.2 Å². The molecular weight excluding hydrogens is 534 g/mol. The third-order valence-electron chi connectivity index (χ3n) is 4.91. The van der Waals surface area contributed by atoms with Crippen LogP contribution in [-0.2, 0) is 24.5 Å². The van der Waals surface area contributed by atoms with Gasteiger partial charge in [0, 0.05) is 5.02 Å². The molecule has 0 radical (unpaired) electrons. The number of carbonyl (C=O) groups excluding carboxylic acids is 1. The number of carbonyl (C=O) groups is 1. The van der Waals surface area contributed by atoms with E-state index in [0.717, 1.165) is 42.5 Å². The summed E-state index contributed by atoms with van der Waals surface area (Å²) in [5, 5.41) is 1.63. The summed E-state index contributed by atoms with van der Waals surface area (Å²) in [6.45, 7) is 1.27. The van der Waals surface area contributed by atoms with Crippen LogP contribution in [0.25, 0.3) is 0 Å². The van der Waals surface area contributed by atoms with Crippen molar-refractivity contribution < 1.29 is 39.2 Å². The van der Waals surface area contributed by atoms with Gasteiger partial charge in [0.15, 0.2) is 0 Å². The van der Waals surface area contributed by atoms with E-state index in [9.17, 15) is 39.2 Å². The second-order valence-electron chi connectivity index (χ2n) is 7.29. The lowest BCUT2D eigenvalue weighted by Crippen LogP contribution is -2.38. The molecule has 0 aromatic heterocycles. The van der Waals surface area contributed by atoms with Crippen LogP contribution in [0.5, 0.6) is 0 Å². The number of alkyl halides is 3. The summed E-state index contributed by atoms with van der Waals surface area (Å²) in [6, 6.07) is 10.8. The largest absolute Gasteiger partial charge is 0.471 e. The van der Waals surface area contributed by atoms with Crippen LogP contribution in [0.2, 0.25) is 5.02 Å². The molecule has 0 saturated carbocycles. The number of rotatable bonds is 6. The van der Waals surface area contributed by atoms with Crippen molar-refractivity contribution in [3.8, 4) is 0 Å². The summed E-state index contributed by atoms with van der Waals surface area (Å²) in [5.74, 6) is -3.25. The van der Waals surface area contributed by atoms with Crippen LogP contribution in [0.4, 0.5) is 17.6 Å². The van der Waals surface area contributed by atoms with Crippen LogP contribution < -0.4 is 5.32 Å². The van der Waals surface area contributed by atoms with Crippen molar-refractivity contribution in [3.63, 3.8) is 0 Å².